The van der Waals surface area contributed by atoms with Gasteiger partial charge in [0.1, 0.15) is 5.82 Å². The Bertz CT molecular complexity index is 363. The van der Waals surface area contributed by atoms with E-state index in [0.717, 1.165) is 19.4 Å². The van der Waals surface area contributed by atoms with E-state index in [2.05, 4.69) is 15.6 Å². The molecule has 0 spiro atoms. The Morgan fingerprint density at radius 3 is 3.13 bits per heavy atom. The van der Waals surface area contributed by atoms with E-state index in [-0.39, 0.29) is 17.8 Å². The van der Waals surface area contributed by atoms with Gasteiger partial charge in [0.2, 0.25) is 11.9 Å². The summed E-state index contributed by atoms with van der Waals surface area (Å²) in [5.41, 5.74) is 0. The van der Waals surface area contributed by atoms with Gasteiger partial charge < -0.3 is 10.6 Å². The van der Waals surface area contributed by atoms with Crippen LogP contribution >= 0.6 is 0 Å². The van der Waals surface area contributed by atoms with E-state index in [9.17, 15) is 9.18 Å². The van der Waals surface area contributed by atoms with Crippen LogP contribution in [0.3, 0.4) is 0 Å². The second-order valence-electron chi connectivity index (χ2n) is 3.48. The molecule has 1 aromatic rings. The number of hydrogen-bond donors (Lipinski definition) is 2. The number of rotatable bonds is 2. The van der Waals surface area contributed by atoms with Crippen molar-refractivity contribution in [2.45, 2.75) is 18.9 Å². The van der Waals surface area contributed by atoms with Gasteiger partial charge >= 0.3 is 0 Å². The molecule has 15 heavy (non-hydrogen) atoms. The minimum absolute atomic E-state index is 0.148. The molecule has 1 amide bonds. The number of carbonyl (C=O) groups is 1. The number of halogens is 1. The highest BCUT2D eigenvalue weighted by Crippen LogP contribution is 2.09. The van der Waals surface area contributed by atoms with Crippen LogP contribution in [0, 0.1) is 5.95 Å². The Labute approximate surface area is 86.9 Å². The summed E-state index contributed by atoms with van der Waals surface area (Å²) in [6.45, 7) is 0.856. The first-order valence-corrected chi connectivity index (χ1v) is 4.92. The lowest BCUT2D eigenvalue weighted by Crippen LogP contribution is -2.35. The van der Waals surface area contributed by atoms with Crippen LogP contribution in [0.5, 0.6) is 0 Å². The Hall–Kier alpha value is -1.49. The van der Waals surface area contributed by atoms with Gasteiger partial charge in [-0.1, -0.05) is 6.07 Å². The van der Waals surface area contributed by atoms with Gasteiger partial charge in [-0.2, -0.15) is 4.39 Å². The largest absolute Gasteiger partial charge is 0.309 e. The predicted octanol–water partition coefficient (Wildman–Crippen LogP) is 0.911. The van der Waals surface area contributed by atoms with E-state index in [1.54, 1.807) is 6.07 Å². The Morgan fingerprint density at radius 2 is 2.47 bits per heavy atom. The molecule has 80 valence electrons. The smallest absolute Gasteiger partial charge is 0.242 e. The van der Waals surface area contributed by atoms with Gasteiger partial charge in [-0.05, 0) is 31.5 Å². The van der Waals surface area contributed by atoms with Gasteiger partial charge in [-0.3, -0.25) is 4.79 Å². The van der Waals surface area contributed by atoms with Crippen LogP contribution in [0.25, 0.3) is 0 Å². The van der Waals surface area contributed by atoms with Crippen molar-refractivity contribution in [3.8, 4) is 0 Å². The molecule has 0 aromatic carbocycles. The first-order valence-electron chi connectivity index (χ1n) is 4.92. The zero-order chi connectivity index (χ0) is 10.7. The van der Waals surface area contributed by atoms with Crippen LogP contribution in [-0.2, 0) is 4.79 Å². The Balaban J connectivity index is 1.99. The molecule has 1 saturated heterocycles. The van der Waals surface area contributed by atoms with Crippen LogP contribution in [0.1, 0.15) is 12.8 Å². The van der Waals surface area contributed by atoms with Crippen molar-refractivity contribution in [3.63, 3.8) is 0 Å². The molecule has 0 radical (unpaired) electrons. The molecule has 1 aliphatic rings. The van der Waals surface area contributed by atoms with Crippen molar-refractivity contribution < 1.29 is 9.18 Å². The maximum Gasteiger partial charge on any atom is 0.242 e. The van der Waals surface area contributed by atoms with Crippen LogP contribution in [0.15, 0.2) is 18.2 Å². The maximum atomic E-state index is 12.7. The SMILES string of the molecule is O=C(Nc1cccc(F)n1)[C@H]1CCCN1. The molecule has 0 aliphatic carbocycles. The van der Waals surface area contributed by atoms with Crippen molar-refractivity contribution in [1.29, 1.82) is 0 Å². The van der Waals surface area contributed by atoms with E-state index in [1.165, 1.54) is 12.1 Å². The third-order valence-corrected chi connectivity index (χ3v) is 2.34. The second-order valence-corrected chi connectivity index (χ2v) is 3.48. The molecular formula is C10H12FN3O. The number of aromatic nitrogens is 1. The van der Waals surface area contributed by atoms with Crippen molar-refractivity contribution in [2.24, 2.45) is 0 Å². The molecule has 5 heteroatoms. The predicted molar refractivity (Wildman–Crippen MR) is 53.8 cm³/mol. The first kappa shape index (κ1) is 10.0. The van der Waals surface area contributed by atoms with E-state index in [4.69, 9.17) is 0 Å². The van der Waals surface area contributed by atoms with Gasteiger partial charge in [0.25, 0.3) is 0 Å². The quantitative estimate of drug-likeness (QED) is 0.712. The van der Waals surface area contributed by atoms with Crippen LogP contribution in [-0.4, -0.2) is 23.5 Å². The number of nitrogens with zero attached hydrogens (tertiary/aromatic N) is 1. The van der Waals surface area contributed by atoms with Gasteiger partial charge in [0, 0.05) is 0 Å². The van der Waals surface area contributed by atoms with Gasteiger partial charge in [-0.25, -0.2) is 4.98 Å². The minimum Gasteiger partial charge on any atom is -0.309 e. The van der Waals surface area contributed by atoms with Gasteiger partial charge in [0.05, 0.1) is 6.04 Å². The third kappa shape index (κ3) is 2.50. The molecule has 4 nitrogen and oxygen atoms in total. The topological polar surface area (TPSA) is 54.0 Å². The van der Waals surface area contributed by atoms with Gasteiger partial charge in [0.15, 0.2) is 0 Å². The fourth-order valence-corrected chi connectivity index (χ4v) is 1.60. The summed E-state index contributed by atoms with van der Waals surface area (Å²) < 4.78 is 12.7. The zero-order valence-corrected chi connectivity index (χ0v) is 8.16. The summed E-state index contributed by atoms with van der Waals surface area (Å²) in [7, 11) is 0. The molecule has 2 rings (SSSR count). The maximum absolute atomic E-state index is 12.7. The Morgan fingerprint density at radius 1 is 1.60 bits per heavy atom. The van der Waals surface area contributed by atoms with E-state index in [0.29, 0.717) is 0 Å². The van der Waals surface area contributed by atoms with Crippen molar-refractivity contribution >= 4 is 11.7 Å². The third-order valence-electron chi connectivity index (χ3n) is 2.34. The summed E-state index contributed by atoms with van der Waals surface area (Å²) >= 11 is 0. The molecule has 1 atom stereocenters. The van der Waals surface area contributed by atoms with Crippen molar-refractivity contribution in [2.75, 3.05) is 11.9 Å². The average molecular weight is 209 g/mol. The number of anilines is 1. The average Bonchev–Trinajstić information content (AvgIpc) is 2.70. The molecule has 0 bridgehead atoms. The molecule has 2 N–H and O–H groups in total. The van der Waals surface area contributed by atoms with E-state index in [1.807, 2.05) is 0 Å². The molecule has 0 unspecified atom stereocenters. The summed E-state index contributed by atoms with van der Waals surface area (Å²) in [6.07, 6.45) is 1.82. The first-order chi connectivity index (χ1) is 7.25. The molecule has 2 heterocycles. The summed E-state index contributed by atoms with van der Waals surface area (Å²) in [6, 6.07) is 4.15. The van der Waals surface area contributed by atoms with Crippen LogP contribution in [0.4, 0.5) is 10.2 Å². The highest BCUT2D eigenvalue weighted by molar-refractivity contribution is 5.94. The van der Waals surface area contributed by atoms with E-state index >= 15 is 0 Å². The fraction of sp³-hybridized carbons (Fsp3) is 0.400. The normalized spacial score (nSPS) is 20.2. The second kappa shape index (κ2) is 4.35. The molecule has 1 aliphatic heterocycles. The zero-order valence-electron chi connectivity index (χ0n) is 8.16. The van der Waals surface area contributed by atoms with Crippen LogP contribution < -0.4 is 10.6 Å². The standard InChI is InChI=1S/C10H12FN3O/c11-8-4-1-5-9(13-8)14-10(15)7-3-2-6-12-7/h1,4-5,7,12H,2-3,6H2,(H,13,14,15)/t7-/m1/s1. The summed E-state index contributed by atoms with van der Waals surface area (Å²) in [4.78, 5) is 15.1. The summed E-state index contributed by atoms with van der Waals surface area (Å²) in [5.74, 6) is -0.480. The lowest BCUT2D eigenvalue weighted by Gasteiger charge is -2.09. The Kier molecular flexibility index (Phi) is 2.91. The van der Waals surface area contributed by atoms with Crippen molar-refractivity contribution in [3.05, 3.63) is 24.1 Å². The highest BCUT2D eigenvalue weighted by Gasteiger charge is 2.22. The lowest BCUT2D eigenvalue weighted by molar-refractivity contribution is -0.117. The number of nitrogens with one attached hydrogen (secondary N) is 2. The molecule has 1 fully saturated rings. The minimum atomic E-state index is -0.591. The van der Waals surface area contributed by atoms with Crippen LogP contribution in [0.2, 0.25) is 0 Å². The molecule has 0 saturated carbocycles. The fourth-order valence-electron chi connectivity index (χ4n) is 1.60. The number of carbonyl (C=O) groups excluding carboxylic acids is 1. The summed E-state index contributed by atoms with van der Waals surface area (Å²) in [5, 5.41) is 5.63. The molecular weight excluding hydrogens is 197 g/mol. The molecule has 1 aromatic heterocycles. The monoisotopic (exact) mass is 209 g/mol. The lowest BCUT2D eigenvalue weighted by atomic mass is 10.2. The number of amides is 1. The van der Waals surface area contributed by atoms with Gasteiger partial charge in [-0.15, -0.1) is 0 Å². The van der Waals surface area contributed by atoms with E-state index < -0.39 is 5.95 Å². The van der Waals surface area contributed by atoms with Crippen molar-refractivity contribution in [1.82, 2.24) is 10.3 Å². The highest BCUT2D eigenvalue weighted by atomic mass is 19.1. The number of hydrogen-bond acceptors (Lipinski definition) is 3. The number of pyridine rings is 1.